The van der Waals surface area contributed by atoms with Crippen LogP contribution in [0.4, 0.5) is 0 Å². The Bertz CT molecular complexity index is 813. The fourth-order valence-corrected chi connectivity index (χ4v) is 3.58. The fraction of sp³-hybridized carbons (Fsp3) is 0.500. The maximum Gasteiger partial charge on any atom is 0.252 e. The van der Waals surface area contributed by atoms with E-state index in [-0.39, 0.29) is 25.4 Å². The van der Waals surface area contributed by atoms with E-state index in [0.29, 0.717) is 12.3 Å². The van der Waals surface area contributed by atoms with Gasteiger partial charge < -0.3 is 29.7 Å². The average molecular weight is 431 g/mol. The second-order valence-electron chi connectivity index (χ2n) is 7.66. The Labute approximate surface area is 181 Å². The van der Waals surface area contributed by atoms with Crippen molar-refractivity contribution in [1.82, 2.24) is 15.3 Å². The number of hydrogen-bond acceptors (Lipinski definition) is 8. The minimum absolute atomic E-state index is 0.0702. The predicted octanol–water partition coefficient (Wildman–Crippen LogP) is 1.11. The molecule has 1 heterocycles. The topological polar surface area (TPSA) is 123 Å². The van der Waals surface area contributed by atoms with Crippen molar-refractivity contribution in [3.8, 4) is 0 Å². The number of carbonyl (C=O) groups excluding carboxylic acids is 1. The van der Waals surface area contributed by atoms with Crippen molar-refractivity contribution < 1.29 is 29.2 Å². The number of aliphatic hydroxyl groups is 2. The molecule has 9 nitrogen and oxygen atoms in total. The number of nitrogens with one attached hydrogen (secondary N) is 1. The number of amides is 1. The van der Waals surface area contributed by atoms with Gasteiger partial charge in [0.05, 0.1) is 30.6 Å². The molecule has 0 bridgehead atoms. The zero-order chi connectivity index (χ0) is 22.3. The second-order valence-corrected chi connectivity index (χ2v) is 7.66. The molecule has 1 saturated carbocycles. The van der Waals surface area contributed by atoms with Gasteiger partial charge in [-0.3, -0.25) is 14.8 Å². The number of aliphatic hydroxyl groups excluding tert-OH is 1. The van der Waals surface area contributed by atoms with Crippen LogP contribution in [0.25, 0.3) is 0 Å². The van der Waals surface area contributed by atoms with Gasteiger partial charge in [0, 0.05) is 45.9 Å². The number of carbonyl (C=O) groups is 1. The number of nitrogens with zero attached hydrogens (tertiary/aromatic N) is 2. The lowest BCUT2D eigenvalue weighted by Gasteiger charge is -2.42. The summed E-state index contributed by atoms with van der Waals surface area (Å²) in [6.07, 6.45) is 2.88. The average Bonchev–Trinajstić information content (AvgIpc) is 2.77. The summed E-state index contributed by atoms with van der Waals surface area (Å²) in [4.78, 5) is 21.1. The van der Waals surface area contributed by atoms with Crippen LogP contribution in [0.3, 0.4) is 0 Å². The van der Waals surface area contributed by atoms with Gasteiger partial charge in [-0.1, -0.05) is 30.3 Å². The third-order valence-electron chi connectivity index (χ3n) is 5.38. The van der Waals surface area contributed by atoms with Crippen molar-refractivity contribution in [2.24, 2.45) is 0 Å². The van der Waals surface area contributed by atoms with Gasteiger partial charge in [-0.2, -0.15) is 0 Å². The van der Waals surface area contributed by atoms with Crippen molar-refractivity contribution in [2.45, 2.75) is 56.0 Å². The molecular formula is C22H29N3O6. The third kappa shape index (κ3) is 6.05. The van der Waals surface area contributed by atoms with E-state index < -0.39 is 29.9 Å². The summed E-state index contributed by atoms with van der Waals surface area (Å²) in [6.45, 7) is 0.424. The van der Waals surface area contributed by atoms with Crippen LogP contribution in [0.15, 0.2) is 48.9 Å². The smallest absolute Gasteiger partial charge is 0.252 e. The third-order valence-corrected chi connectivity index (χ3v) is 5.38. The molecule has 0 saturated heterocycles. The van der Waals surface area contributed by atoms with Crippen LogP contribution >= 0.6 is 0 Å². The predicted molar refractivity (Wildman–Crippen MR) is 111 cm³/mol. The van der Waals surface area contributed by atoms with Crippen LogP contribution in [0.2, 0.25) is 0 Å². The van der Waals surface area contributed by atoms with Gasteiger partial charge in [0.15, 0.2) is 6.29 Å². The SMILES string of the molecule is COC(OC)C(O)C[C@H](NC(=O)C1(O)CC(OCc2ccccc2)C1)c1cnccn1. The summed E-state index contributed by atoms with van der Waals surface area (Å²) < 4.78 is 16.0. The lowest BCUT2D eigenvalue weighted by Crippen LogP contribution is -2.59. The van der Waals surface area contributed by atoms with E-state index in [9.17, 15) is 15.0 Å². The molecule has 168 valence electrons. The van der Waals surface area contributed by atoms with Crippen molar-refractivity contribution in [3.63, 3.8) is 0 Å². The van der Waals surface area contributed by atoms with Gasteiger partial charge in [-0.15, -0.1) is 0 Å². The van der Waals surface area contributed by atoms with Crippen LogP contribution in [0, 0.1) is 0 Å². The summed E-state index contributed by atoms with van der Waals surface area (Å²) in [6, 6.07) is 9.03. The monoisotopic (exact) mass is 431 g/mol. The maximum atomic E-state index is 12.8. The largest absolute Gasteiger partial charge is 0.388 e. The molecule has 1 unspecified atom stereocenters. The van der Waals surface area contributed by atoms with Gasteiger partial charge in [-0.25, -0.2) is 0 Å². The van der Waals surface area contributed by atoms with Crippen molar-refractivity contribution >= 4 is 5.91 Å². The molecule has 0 spiro atoms. The Morgan fingerprint density at radius 2 is 1.94 bits per heavy atom. The quantitative estimate of drug-likeness (QED) is 0.452. The summed E-state index contributed by atoms with van der Waals surface area (Å²) in [5, 5.41) is 23.9. The molecule has 1 aromatic carbocycles. The highest BCUT2D eigenvalue weighted by Crippen LogP contribution is 2.36. The van der Waals surface area contributed by atoms with Gasteiger partial charge in [0.1, 0.15) is 11.7 Å². The molecule has 1 aromatic heterocycles. The molecule has 1 aliphatic carbocycles. The van der Waals surface area contributed by atoms with Crippen LogP contribution in [0.1, 0.15) is 36.6 Å². The maximum absolute atomic E-state index is 12.8. The standard InChI is InChI=1S/C22H29N3O6/c1-29-20(30-2)19(26)10-17(18-13-23-8-9-24-18)25-21(27)22(28)11-16(12-22)31-14-15-6-4-3-5-7-15/h3-9,13,16-17,19-20,26,28H,10-12,14H2,1-2H3,(H,25,27)/t16?,17-,19?,22?/m0/s1. The van der Waals surface area contributed by atoms with Gasteiger partial charge >= 0.3 is 0 Å². The number of rotatable bonds is 11. The van der Waals surface area contributed by atoms with E-state index in [1.807, 2.05) is 30.3 Å². The molecule has 1 fully saturated rings. The van der Waals surface area contributed by atoms with Crippen LogP contribution in [-0.4, -0.2) is 64.4 Å². The molecule has 0 radical (unpaired) electrons. The molecule has 0 aliphatic heterocycles. The van der Waals surface area contributed by atoms with Crippen LogP contribution < -0.4 is 5.32 Å². The van der Waals surface area contributed by atoms with Gasteiger partial charge in [0.25, 0.3) is 5.91 Å². The molecular weight excluding hydrogens is 402 g/mol. The van der Waals surface area contributed by atoms with Gasteiger partial charge in [-0.05, 0) is 5.56 Å². The lowest BCUT2D eigenvalue weighted by molar-refractivity contribution is -0.176. The van der Waals surface area contributed by atoms with Crippen LogP contribution in [0.5, 0.6) is 0 Å². The number of methoxy groups -OCH3 is 2. The number of ether oxygens (including phenoxy) is 3. The van der Waals surface area contributed by atoms with Crippen LogP contribution in [-0.2, 0) is 25.6 Å². The molecule has 9 heteroatoms. The summed E-state index contributed by atoms with van der Waals surface area (Å²) in [5.74, 6) is -0.540. The zero-order valence-electron chi connectivity index (χ0n) is 17.7. The highest BCUT2D eigenvalue weighted by atomic mass is 16.7. The second kappa shape index (κ2) is 10.7. The minimum atomic E-state index is -1.53. The summed E-state index contributed by atoms with van der Waals surface area (Å²) >= 11 is 0. The minimum Gasteiger partial charge on any atom is -0.388 e. The number of aromatic nitrogens is 2. The van der Waals surface area contributed by atoms with Crippen molar-refractivity contribution in [2.75, 3.05) is 14.2 Å². The Morgan fingerprint density at radius 1 is 1.23 bits per heavy atom. The van der Waals surface area contributed by atoms with E-state index in [2.05, 4.69) is 15.3 Å². The summed E-state index contributed by atoms with van der Waals surface area (Å²) in [5.41, 5.74) is -0.0418. The molecule has 3 rings (SSSR count). The van der Waals surface area contributed by atoms with Gasteiger partial charge in [0.2, 0.25) is 0 Å². The molecule has 1 amide bonds. The van der Waals surface area contributed by atoms with E-state index >= 15 is 0 Å². The fourth-order valence-electron chi connectivity index (χ4n) is 3.58. The first-order chi connectivity index (χ1) is 14.9. The summed E-state index contributed by atoms with van der Waals surface area (Å²) in [7, 11) is 2.83. The first-order valence-corrected chi connectivity index (χ1v) is 10.1. The number of benzene rings is 1. The highest BCUT2D eigenvalue weighted by molar-refractivity contribution is 5.86. The Kier molecular flexibility index (Phi) is 8.05. The Morgan fingerprint density at radius 3 is 2.55 bits per heavy atom. The van der Waals surface area contributed by atoms with E-state index in [1.54, 1.807) is 0 Å². The molecule has 3 N–H and O–H groups in total. The Balaban J connectivity index is 1.58. The van der Waals surface area contributed by atoms with E-state index in [0.717, 1.165) is 5.56 Å². The van der Waals surface area contributed by atoms with E-state index in [1.165, 1.54) is 32.8 Å². The lowest BCUT2D eigenvalue weighted by atomic mass is 9.76. The van der Waals surface area contributed by atoms with E-state index in [4.69, 9.17) is 14.2 Å². The molecule has 2 atom stereocenters. The van der Waals surface area contributed by atoms with Crippen molar-refractivity contribution in [3.05, 3.63) is 60.2 Å². The van der Waals surface area contributed by atoms with Crippen molar-refractivity contribution in [1.29, 1.82) is 0 Å². The molecule has 2 aromatic rings. The normalized spacial score (nSPS) is 22.5. The molecule has 31 heavy (non-hydrogen) atoms. The first kappa shape index (κ1) is 23.2. The number of hydrogen-bond donors (Lipinski definition) is 3. The Hall–Kier alpha value is -2.43. The highest BCUT2D eigenvalue weighted by Gasteiger charge is 2.50. The molecule has 1 aliphatic rings. The first-order valence-electron chi connectivity index (χ1n) is 10.1. The zero-order valence-corrected chi connectivity index (χ0v) is 17.7.